The molecule has 3 rings (SSSR count). The molecule has 0 bridgehead atoms. The number of rotatable bonds is 3. The first-order valence-electron chi connectivity index (χ1n) is 6.15. The molecule has 1 aliphatic heterocycles. The van der Waals surface area contributed by atoms with Crippen LogP contribution in [-0.2, 0) is 0 Å². The highest BCUT2D eigenvalue weighted by molar-refractivity contribution is 5.43. The lowest BCUT2D eigenvalue weighted by atomic mass is 9.94. The van der Waals surface area contributed by atoms with Crippen LogP contribution in [0.2, 0.25) is 0 Å². The second-order valence-corrected chi connectivity index (χ2v) is 4.60. The maximum atomic E-state index is 5.82. The molecular formula is C15H16N2O. The quantitative estimate of drug-likeness (QED) is 0.811. The van der Waals surface area contributed by atoms with Crippen LogP contribution in [0, 0.1) is 0 Å². The first kappa shape index (κ1) is 11.1. The Hall–Kier alpha value is -2.00. The van der Waals surface area contributed by atoms with Gasteiger partial charge in [0.2, 0.25) is 0 Å². The molecule has 1 aliphatic rings. The average molecular weight is 240 g/mol. The van der Waals surface area contributed by atoms with Crippen LogP contribution in [-0.4, -0.2) is 13.1 Å². The maximum absolute atomic E-state index is 5.82. The number of nitrogens with two attached hydrogens (primary N) is 1. The van der Waals surface area contributed by atoms with Crippen molar-refractivity contribution in [1.82, 2.24) is 5.32 Å². The Balaban J connectivity index is 1.77. The van der Waals surface area contributed by atoms with E-state index in [2.05, 4.69) is 17.4 Å². The molecule has 3 N–H and O–H groups in total. The Morgan fingerprint density at radius 2 is 1.78 bits per heavy atom. The lowest BCUT2D eigenvalue weighted by molar-refractivity contribution is 0.443. The second kappa shape index (κ2) is 4.70. The van der Waals surface area contributed by atoms with Crippen molar-refractivity contribution in [2.45, 2.75) is 5.92 Å². The molecule has 18 heavy (non-hydrogen) atoms. The molecule has 0 unspecified atom stereocenters. The third-order valence-corrected chi connectivity index (χ3v) is 3.23. The zero-order valence-electron chi connectivity index (χ0n) is 10.1. The van der Waals surface area contributed by atoms with Crippen LogP contribution in [0.5, 0.6) is 11.5 Å². The number of benzene rings is 2. The third kappa shape index (κ3) is 2.31. The summed E-state index contributed by atoms with van der Waals surface area (Å²) in [6, 6.07) is 15.7. The fraction of sp³-hybridized carbons (Fsp3) is 0.200. The average Bonchev–Trinajstić information content (AvgIpc) is 2.31. The van der Waals surface area contributed by atoms with Gasteiger partial charge in [0.15, 0.2) is 0 Å². The van der Waals surface area contributed by atoms with Gasteiger partial charge in [-0.3, -0.25) is 0 Å². The van der Waals surface area contributed by atoms with E-state index in [9.17, 15) is 0 Å². The molecule has 0 aliphatic carbocycles. The van der Waals surface area contributed by atoms with Crippen LogP contribution in [0.25, 0.3) is 0 Å². The number of ether oxygens (including phenoxy) is 1. The Morgan fingerprint density at radius 1 is 1.00 bits per heavy atom. The van der Waals surface area contributed by atoms with Gasteiger partial charge in [0, 0.05) is 24.7 Å². The summed E-state index contributed by atoms with van der Waals surface area (Å²) < 4.78 is 5.82. The van der Waals surface area contributed by atoms with Crippen LogP contribution < -0.4 is 15.8 Å². The van der Waals surface area contributed by atoms with Crippen LogP contribution in [0.15, 0.2) is 48.5 Å². The second-order valence-electron chi connectivity index (χ2n) is 4.60. The predicted octanol–water partition coefficient (Wildman–Crippen LogP) is 2.75. The Labute approximate surface area is 107 Å². The maximum Gasteiger partial charge on any atom is 0.127 e. The molecule has 0 radical (unpaired) electrons. The minimum absolute atomic E-state index is 0.625. The van der Waals surface area contributed by atoms with E-state index in [1.807, 2.05) is 36.4 Å². The van der Waals surface area contributed by atoms with E-state index >= 15 is 0 Å². The molecule has 92 valence electrons. The van der Waals surface area contributed by atoms with Crippen molar-refractivity contribution in [3.63, 3.8) is 0 Å². The van der Waals surface area contributed by atoms with Gasteiger partial charge in [0.1, 0.15) is 11.5 Å². The Bertz CT molecular complexity index is 532. The predicted molar refractivity (Wildman–Crippen MR) is 73.0 cm³/mol. The number of nitrogens with one attached hydrogen (secondary N) is 1. The van der Waals surface area contributed by atoms with E-state index in [0.29, 0.717) is 5.92 Å². The molecule has 0 amide bonds. The van der Waals surface area contributed by atoms with E-state index in [-0.39, 0.29) is 0 Å². The first-order valence-corrected chi connectivity index (χ1v) is 6.15. The summed E-state index contributed by atoms with van der Waals surface area (Å²) >= 11 is 0. The van der Waals surface area contributed by atoms with Gasteiger partial charge in [0.05, 0.1) is 0 Å². The highest BCUT2D eigenvalue weighted by Gasteiger charge is 2.18. The summed E-state index contributed by atoms with van der Waals surface area (Å²) in [7, 11) is 0. The molecule has 1 saturated heterocycles. The van der Waals surface area contributed by atoms with Crippen LogP contribution in [0.1, 0.15) is 11.5 Å². The molecule has 1 fully saturated rings. The molecule has 0 atom stereocenters. The summed E-state index contributed by atoms with van der Waals surface area (Å²) in [6.07, 6.45) is 0. The molecular weight excluding hydrogens is 224 g/mol. The summed E-state index contributed by atoms with van der Waals surface area (Å²) in [5.74, 6) is 2.32. The van der Waals surface area contributed by atoms with Gasteiger partial charge in [-0.15, -0.1) is 0 Å². The fourth-order valence-electron chi connectivity index (χ4n) is 2.03. The smallest absolute Gasteiger partial charge is 0.127 e. The summed E-state index contributed by atoms with van der Waals surface area (Å²) in [5, 5.41) is 3.28. The molecule has 2 aromatic carbocycles. The Morgan fingerprint density at radius 3 is 2.44 bits per heavy atom. The number of anilines is 1. The Kier molecular flexibility index (Phi) is 2.90. The first-order chi connectivity index (χ1) is 8.81. The van der Waals surface area contributed by atoms with Crippen LogP contribution in [0.3, 0.4) is 0 Å². The minimum Gasteiger partial charge on any atom is -0.457 e. The van der Waals surface area contributed by atoms with Gasteiger partial charge < -0.3 is 15.8 Å². The molecule has 3 nitrogen and oxygen atoms in total. The highest BCUT2D eigenvalue weighted by atomic mass is 16.5. The van der Waals surface area contributed by atoms with E-state index in [1.54, 1.807) is 0 Å². The van der Waals surface area contributed by atoms with Crippen LogP contribution >= 0.6 is 0 Å². The standard InChI is InChI=1S/C15H16N2O/c16-13-4-6-14(7-5-13)18-15-3-1-2-11(8-15)12-9-17-10-12/h1-8,12,17H,9-10,16H2. The van der Waals surface area contributed by atoms with Gasteiger partial charge in [-0.1, -0.05) is 12.1 Å². The van der Waals surface area contributed by atoms with Crippen molar-refractivity contribution in [3.8, 4) is 11.5 Å². The van der Waals surface area contributed by atoms with Crippen molar-refractivity contribution < 1.29 is 4.74 Å². The summed E-state index contributed by atoms with van der Waals surface area (Å²) in [6.45, 7) is 2.12. The van der Waals surface area contributed by atoms with Crippen molar-refractivity contribution >= 4 is 5.69 Å². The molecule has 0 spiro atoms. The third-order valence-electron chi connectivity index (χ3n) is 3.23. The SMILES string of the molecule is Nc1ccc(Oc2cccc(C3CNC3)c2)cc1. The number of hydrogen-bond donors (Lipinski definition) is 2. The normalized spacial score (nSPS) is 15.1. The number of nitrogen functional groups attached to an aromatic ring is 1. The van der Waals surface area contributed by atoms with Crippen LogP contribution in [0.4, 0.5) is 5.69 Å². The van der Waals surface area contributed by atoms with Gasteiger partial charge in [-0.25, -0.2) is 0 Å². The molecule has 2 aromatic rings. The molecule has 3 heteroatoms. The van der Waals surface area contributed by atoms with Crippen molar-refractivity contribution in [2.75, 3.05) is 18.8 Å². The van der Waals surface area contributed by atoms with E-state index < -0.39 is 0 Å². The van der Waals surface area contributed by atoms with Gasteiger partial charge >= 0.3 is 0 Å². The highest BCUT2D eigenvalue weighted by Crippen LogP contribution is 2.27. The lowest BCUT2D eigenvalue weighted by Crippen LogP contribution is -2.39. The topological polar surface area (TPSA) is 47.3 Å². The van der Waals surface area contributed by atoms with Crippen molar-refractivity contribution in [1.29, 1.82) is 0 Å². The van der Waals surface area contributed by atoms with Crippen molar-refractivity contribution in [2.24, 2.45) is 0 Å². The monoisotopic (exact) mass is 240 g/mol. The summed E-state index contributed by atoms with van der Waals surface area (Å²) in [5.41, 5.74) is 7.73. The van der Waals surface area contributed by atoms with Gasteiger partial charge in [0.25, 0.3) is 0 Å². The minimum atomic E-state index is 0.625. The largest absolute Gasteiger partial charge is 0.457 e. The van der Waals surface area contributed by atoms with E-state index in [4.69, 9.17) is 10.5 Å². The fourth-order valence-corrected chi connectivity index (χ4v) is 2.03. The zero-order valence-corrected chi connectivity index (χ0v) is 10.1. The van der Waals surface area contributed by atoms with E-state index in [0.717, 1.165) is 30.3 Å². The number of hydrogen-bond acceptors (Lipinski definition) is 3. The lowest BCUT2D eigenvalue weighted by Gasteiger charge is -2.27. The van der Waals surface area contributed by atoms with Gasteiger partial charge in [-0.2, -0.15) is 0 Å². The van der Waals surface area contributed by atoms with E-state index in [1.165, 1.54) is 5.56 Å². The molecule has 1 heterocycles. The zero-order chi connectivity index (χ0) is 12.4. The van der Waals surface area contributed by atoms with Crippen molar-refractivity contribution in [3.05, 3.63) is 54.1 Å². The molecule has 0 saturated carbocycles. The molecule has 0 aromatic heterocycles. The van der Waals surface area contributed by atoms with Gasteiger partial charge in [-0.05, 0) is 42.0 Å². The summed E-state index contributed by atoms with van der Waals surface area (Å²) in [4.78, 5) is 0.